The van der Waals surface area contributed by atoms with Crippen LogP contribution >= 0.6 is 0 Å². The van der Waals surface area contributed by atoms with Gasteiger partial charge < -0.3 is 10.2 Å². The molecule has 3 atom stereocenters. The van der Waals surface area contributed by atoms with Gasteiger partial charge in [-0.15, -0.1) is 0 Å². The second kappa shape index (κ2) is 9.39. The minimum atomic E-state index is -4.49. The molecule has 4 rings (SSSR count). The van der Waals surface area contributed by atoms with Gasteiger partial charge >= 0.3 is 12.4 Å². The van der Waals surface area contributed by atoms with Gasteiger partial charge in [0.15, 0.2) is 0 Å². The molecule has 2 aromatic carbocycles. The summed E-state index contributed by atoms with van der Waals surface area (Å²) in [6.45, 7) is 0.524. The largest absolute Gasteiger partial charge is 0.416 e. The first kappa shape index (κ1) is 24.8. The number of hydrogen-bond donors (Lipinski definition) is 1. The van der Waals surface area contributed by atoms with Crippen molar-refractivity contribution in [2.24, 2.45) is 17.8 Å². The molecule has 1 N–H and O–H groups in total. The summed E-state index contributed by atoms with van der Waals surface area (Å²) in [5.41, 5.74) is -0.873. The predicted molar refractivity (Wildman–Crippen MR) is 116 cm³/mol. The summed E-state index contributed by atoms with van der Waals surface area (Å²) < 4.78 is 76.8. The zero-order valence-corrected chi connectivity index (χ0v) is 18.4. The number of benzene rings is 2. The third kappa shape index (κ3) is 5.52. The Balaban J connectivity index is 1.46. The Hall–Kier alpha value is -3.30. The fourth-order valence-corrected chi connectivity index (χ4v) is 4.65. The Labute approximate surface area is 197 Å². The lowest BCUT2D eigenvalue weighted by molar-refractivity contribution is -0.147. The van der Waals surface area contributed by atoms with E-state index in [1.54, 1.807) is 4.90 Å². The number of piperidine rings is 1. The van der Waals surface area contributed by atoms with Crippen LogP contribution in [0, 0.1) is 17.8 Å². The summed E-state index contributed by atoms with van der Waals surface area (Å²) in [7, 11) is 0. The van der Waals surface area contributed by atoms with Crippen LogP contribution < -0.4 is 5.32 Å². The number of anilines is 1. The van der Waals surface area contributed by atoms with Gasteiger partial charge in [-0.1, -0.05) is 24.3 Å². The van der Waals surface area contributed by atoms with Crippen molar-refractivity contribution in [2.45, 2.75) is 31.7 Å². The Morgan fingerprint density at radius 1 is 0.914 bits per heavy atom. The maximum absolute atomic E-state index is 13.3. The molecule has 0 saturated carbocycles. The zero-order chi connectivity index (χ0) is 25.4. The van der Waals surface area contributed by atoms with Crippen molar-refractivity contribution >= 4 is 17.5 Å². The molecule has 0 spiro atoms. The second-order valence-corrected chi connectivity index (χ2v) is 8.77. The number of amides is 2. The molecule has 1 fully saturated rings. The van der Waals surface area contributed by atoms with E-state index in [9.17, 15) is 35.9 Å². The van der Waals surface area contributed by atoms with Crippen molar-refractivity contribution in [1.82, 2.24) is 4.90 Å². The maximum atomic E-state index is 13.3. The van der Waals surface area contributed by atoms with Gasteiger partial charge in [0.25, 0.3) is 0 Å². The molecule has 1 heterocycles. The fourth-order valence-electron chi connectivity index (χ4n) is 4.65. The smallest absolute Gasteiger partial charge is 0.338 e. The minimum Gasteiger partial charge on any atom is -0.338 e. The number of fused-ring (bicyclic) bond motifs is 1. The van der Waals surface area contributed by atoms with Crippen LogP contribution in [0.1, 0.15) is 29.5 Å². The van der Waals surface area contributed by atoms with Crippen LogP contribution in [0.25, 0.3) is 0 Å². The molecule has 10 heteroatoms. The highest BCUT2D eigenvalue weighted by Crippen LogP contribution is 2.39. The molecule has 35 heavy (non-hydrogen) atoms. The number of rotatable bonds is 4. The fraction of sp³-hybridized carbons (Fsp3) is 0.360. The molecule has 0 aromatic heterocycles. The summed E-state index contributed by atoms with van der Waals surface area (Å²) >= 11 is 0. The van der Waals surface area contributed by atoms with Crippen molar-refractivity contribution in [3.63, 3.8) is 0 Å². The number of nitrogens with one attached hydrogen (secondary N) is 1. The monoisotopic (exact) mass is 496 g/mol. The first-order valence-corrected chi connectivity index (χ1v) is 11.0. The number of hydrogen-bond acceptors (Lipinski definition) is 2. The molecule has 0 bridgehead atoms. The van der Waals surface area contributed by atoms with Crippen LogP contribution in [0.15, 0.2) is 60.7 Å². The number of alkyl halides is 6. The topological polar surface area (TPSA) is 49.4 Å². The summed E-state index contributed by atoms with van der Waals surface area (Å²) in [5, 5.41) is 2.61. The van der Waals surface area contributed by atoms with E-state index in [1.165, 1.54) is 12.1 Å². The quantitative estimate of drug-likeness (QED) is 0.423. The van der Waals surface area contributed by atoms with Gasteiger partial charge in [0.1, 0.15) is 0 Å². The van der Waals surface area contributed by atoms with E-state index < -0.39 is 41.2 Å². The first-order valence-electron chi connectivity index (χ1n) is 11.0. The van der Waals surface area contributed by atoms with Gasteiger partial charge in [-0.3, -0.25) is 9.59 Å². The average molecular weight is 496 g/mol. The van der Waals surface area contributed by atoms with Crippen molar-refractivity contribution in [3.05, 3.63) is 77.4 Å². The van der Waals surface area contributed by atoms with Crippen LogP contribution in [-0.4, -0.2) is 23.3 Å². The van der Waals surface area contributed by atoms with E-state index in [1.807, 2.05) is 12.2 Å². The Kier molecular flexibility index (Phi) is 6.66. The highest BCUT2D eigenvalue weighted by molar-refractivity contribution is 5.96. The lowest BCUT2D eigenvalue weighted by Gasteiger charge is -2.41. The van der Waals surface area contributed by atoms with Crippen LogP contribution in [0.2, 0.25) is 0 Å². The highest BCUT2D eigenvalue weighted by atomic mass is 19.4. The normalized spacial score (nSPS) is 22.6. The molecule has 1 saturated heterocycles. The maximum Gasteiger partial charge on any atom is 0.416 e. The second-order valence-electron chi connectivity index (χ2n) is 8.77. The average Bonchev–Trinajstić information content (AvgIpc) is 2.80. The molecule has 1 aliphatic heterocycles. The van der Waals surface area contributed by atoms with E-state index in [4.69, 9.17) is 0 Å². The van der Waals surface area contributed by atoms with Crippen LogP contribution in [0.3, 0.4) is 0 Å². The summed E-state index contributed by atoms with van der Waals surface area (Å²) in [6.07, 6.45) is -4.31. The highest BCUT2D eigenvalue weighted by Gasteiger charge is 2.44. The number of likely N-dealkylation sites (tertiary alicyclic amines) is 1. The molecular formula is C25H22F6N2O2. The number of carbonyl (C=O) groups is 2. The van der Waals surface area contributed by atoms with E-state index in [0.29, 0.717) is 24.9 Å². The number of carbonyl (C=O) groups excluding carboxylic acids is 2. The van der Waals surface area contributed by atoms with Gasteiger partial charge in [-0.05, 0) is 60.7 Å². The third-order valence-corrected chi connectivity index (χ3v) is 6.47. The van der Waals surface area contributed by atoms with Gasteiger partial charge in [0.2, 0.25) is 11.8 Å². The molecule has 2 aromatic rings. The van der Waals surface area contributed by atoms with E-state index >= 15 is 0 Å². The van der Waals surface area contributed by atoms with Crippen molar-refractivity contribution in [2.75, 3.05) is 11.9 Å². The molecule has 2 amide bonds. The molecule has 0 unspecified atom stereocenters. The molecule has 2 aliphatic rings. The number of nitrogens with zero attached hydrogens (tertiary/aromatic N) is 1. The van der Waals surface area contributed by atoms with Gasteiger partial charge in [-0.2, -0.15) is 26.3 Å². The first-order chi connectivity index (χ1) is 16.4. The minimum absolute atomic E-state index is 0.122. The summed E-state index contributed by atoms with van der Waals surface area (Å²) in [6, 6.07) is 8.67. The van der Waals surface area contributed by atoms with E-state index in [-0.39, 0.29) is 24.1 Å². The summed E-state index contributed by atoms with van der Waals surface area (Å²) in [5.74, 6) is -2.26. The Morgan fingerprint density at radius 3 is 2.06 bits per heavy atom. The number of allylic oxidation sites excluding steroid dienone is 2. The molecule has 1 aliphatic carbocycles. The molecular weight excluding hydrogens is 474 g/mol. The van der Waals surface area contributed by atoms with Crippen molar-refractivity contribution in [1.29, 1.82) is 0 Å². The van der Waals surface area contributed by atoms with Gasteiger partial charge in [-0.25, -0.2) is 0 Å². The van der Waals surface area contributed by atoms with Gasteiger partial charge in [0, 0.05) is 18.8 Å². The third-order valence-electron chi connectivity index (χ3n) is 6.47. The Morgan fingerprint density at radius 2 is 1.49 bits per heavy atom. The summed E-state index contributed by atoms with van der Waals surface area (Å²) in [4.78, 5) is 27.9. The molecule has 186 valence electrons. The molecule has 0 radical (unpaired) electrons. The Bertz CT molecular complexity index is 1110. The predicted octanol–water partition coefficient (Wildman–Crippen LogP) is 5.90. The van der Waals surface area contributed by atoms with Crippen LogP contribution in [-0.2, 0) is 28.5 Å². The van der Waals surface area contributed by atoms with Crippen LogP contribution in [0.5, 0.6) is 0 Å². The zero-order valence-electron chi connectivity index (χ0n) is 18.4. The number of halogens is 6. The van der Waals surface area contributed by atoms with E-state index in [0.717, 1.165) is 36.4 Å². The lowest BCUT2D eigenvalue weighted by atomic mass is 9.71. The van der Waals surface area contributed by atoms with Crippen LogP contribution in [0.4, 0.5) is 32.0 Å². The van der Waals surface area contributed by atoms with Gasteiger partial charge in [0.05, 0.1) is 23.0 Å². The standard InChI is InChI=1S/C25H22F6N2O2/c26-24(27,28)17-6-4-15(5-7-17)14-33-13-12-16-2-1-3-20(21(16)23(33)35)22(34)32-19-10-8-18(9-11-19)25(29,30)31/h1-2,4-11,16,20-21H,3,12-14H2,(H,32,34)/t16-,20-,21+/m0/s1. The molecule has 4 nitrogen and oxygen atoms in total. The van der Waals surface area contributed by atoms with Crippen molar-refractivity contribution < 1.29 is 35.9 Å². The van der Waals surface area contributed by atoms with Crippen molar-refractivity contribution in [3.8, 4) is 0 Å². The SMILES string of the molecule is O=C(Nc1ccc(C(F)(F)F)cc1)[C@H]1CC=C[C@H]2CCN(Cc3ccc(C(F)(F)F)cc3)C(=O)[C@@H]12. The van der Waals surface area contributed by atoms with E-state index in [2.05, 4.69) is 5.32 Å². The lowest BCUT2D eigenvalue weighted by Crippen LogP contribution is -2.50.